The number of pyridine rings is 1. The van der Waals surface area contributed by atoms with Crippen molar-refractivity contribution >= 4 is 5.95 Å². The maximum absolute atomic E-state index is 4.67. The van der Waals surface area contributed by atoms with E-state index in [0.29, 0.717) is 6.04 Å². The summed E-state index contributed by atoms with van der Waals surface area (Å²) in [5.74, 6) is 0.869. The van der Waals surface area contributed by atoms with E-state index < -0.39 is 0 Å². The van der Waals surface area contributed by atoms with Gasteiger partial charge < -0.3 is 9.80 Å². The maximum atomic E-state index is 4.67. The van der Waals surface area contributed by atoms with Crippen LogP contribution in [0.4, 0.5) is 5.95 Å². The number of hydrogen-bond acceptors (Lipinski definition) is 6. The highest BCUT2D eigenvalue weighted by Crippen LogP contribution is 2.31. The molecule has 0 spiro atoms. The summed E-state index contributed by atoms with van der Waals surface area (Å²) in [5.41, 5.74) is 2.58. The van der Waals surface area contributed by atoms with Gasteiger partial charge in [0, 0.05) is 69.1 Å². The first-order valence-electron chi connectivity index (χ1n) is 10.2. The lowest BCUT2D eigenvalue weighted by atomic mass is 10.0. The third-order valence-electron chi connectivity index (χ3n) is 5.82. The molecule has 2 fully saturated rings. The van der Waals surface area contributed by atoms with Crippen molar-refractivity contribution in [2.75, 3.05) is 44.7 Å². The van der Waals surface area contributed by atoms with Crippen molar-refractivity contribution in [3.8, 4) is 0 Å². The Hall–Kier alpha value is -2.05. The molecule has 2 aromatic heterocycles. The minimum Gasteiger partial charge on any atom is -0.338 e. The average molecular weight is 367 g/mol. The highest BCUT2D eigenvalue weighted by atomic mass is 15.3. The SMILES string of the molecule is CN1CCN(c2ncc(CN3CCCCC[C@H]3c3ccncc3)cn2)CC1. The standard InChI is InChI=1S/C21H30N6/c1-25-11-13-26(14-12-25)21-23-15-18(16-24-21)17-27-10-4-2-3-5-20(27)19-6-8-22-9-7-19/h6-9,15-16,20H,2-5,10-14,17H2,1H3/t20-/m0/s1. The molecule has 0 radical (unpaired) electrons. The first-order valence-corrected chi connectivity index (χ1v) is 10.2. The number of aromatic nitrogens is 3. The molecule has 0 unspecified atom stereocenters. The topological polar surface area (TPSA) is 48.4 Å². The second kappa shape index (κ2) is 8.76. The molecular formula is C21H30N6. The molecule has 0 saturated carbocycles. The minimum absolute atomic E-state index is 0.466. The summed E-state index contributed by atoms with van der Waals surface area (Å²) in [6, 6.07) is 4.79. The molecule has 27 heavy (non-hydrogen) atoms. The summed E-state index contributed by atoms with van der Waals surface area (Å²) in [7, 11) is 2.17. The van der Waals surface area contributed by atoms with E-state index in [-0.39, 0.29) is 0 Å². The van der Waals surface area contributed by atoms with Gasteiger partial charge in [0.15, 0.2) is 0 Å². The molecule has 144 valence electrons. The second-order valence-corrected chi connectivity index (χ2v) is 7.80. The Morgan fingerprint density at radius 2 is 1.67 bits per heavy atom. The van der Waals surface area contributed by atoms with Crippen molar-refractivity contribution in [1.82, 2.24) is 24.8 Å². The van der Waals surface area contributed by atoms with Gasteiger partial charge in [-0.1, -0.05) is 12.8 Å². The summed E-state index contributed by atoms with van der Waals surface area (Å²) >= 11 is 0. The van der Waals surface area contributed by atoms with E-state index in [1.165, 1.54) is 36.8 Å². The lowest BCUT2D eigenvalue weighted by Gasteiger charge is -2.32. The Labute approximate surface area is 162 Å². The van der Waals surface area contributed by atoms with Crippen molar-refractivity contribution in [3.05, 3.63) is 48.0 Å². The van der Waals surface area contributed by atoms with Crippen LogP contribution in [0.5, 0.6) is 0 Å². The normalized spacial score (nSPS) is 22.6. The zero-order chi connectivity index (χ0) is 18.5. The van der Waals surface area contributed by atoms with E-state index in [0.717, 1.165) is 45.2 Å². The lowest BCUT2D eigenvalue weighted by Crippen LogP contribution is -2.45. The molecule has 2 aliphatic heterocycles. The molecule has 6 heteroatoms. The maximum Gasteiger partial charge on any atom is 0.225 e. The van der Waals surface area contributed by atoms with Crippen LogP contribution in [0.2, 0.25) is 0 Å². The number of likely N-dealkylation sites (tertiary alicyclic amines) is 1. The first kappa shape index (κ1) is 18.3. The van der Waals surface area contributed by atoms with Gasteiger partial charge in [-0.25, -0.2) is 9.97 Å². The number of nitrogens with zero attached hydrogens (tertiary/aromatic N) is 6. The second-order valence-electron chi connectivity index (χ2n) is 7.80. The predicted octanol–water partition coefficient (Wildman–Crippen LogP) is 2.74. The molecule has 2 aliphatic rings. The van der Waals surface area contributed by atoms with Crippen LogP contribution in [0.1, 0.15) is 42.9 Å². The van der Waals surface area contributed by atoms with Crippen LogP contribution < -0.4 is 4.90 Å². The molecule has 2 aromatic rings. The molecule has 0 bridgehead atoms. The lowest BCUT2D eigenvalue weighted by molar-refractivity contribution is 0.192. The van der Waals surface area contributed by atoms with Crippen molar-refractivity contribution in [2.45, 2.75) is 38.3 Å². The van der Waals surface area contributed by atoms with E-state index in [2.05, 4.69) is 48.8 Å². The summed E-state index contributed by atoms with van der Waals surface area (Å²) < 4.78 is 0. The molecular weight excluding hydrogens is 336 g/mol. The minimum atomic E-state index is 0.466. The number of likely N-dealkylation sites (N-methyl/N-ethyl adjacent to an activating group) is 1. The van der Waals surface area contributed by atoms with Crippen molar-refractivity contribution < 1.29 is 0 Å². The molecule has 6 nitrogen and oxygen atoms in total. The number of hydrogen-bond donors (Lipinski definition) is 0. The van der Waals surface area contributed by atoms with Crippen LogP contribution in [-0.2, 0) is 6.54 Å². The zero-order valence-corrected chi connectivity index (χ0v) is 16.3. The van der Waals surface area contributed by atoms with Crippen LogP contribution >= 0.6 is 0 Å². The summed E-state index contributed by atoms with van der Waals surface area (Å²) in [5, 5.41) is 0. The fourth-order valence-corrected chi connectivity index (χ4v) is 4.15. The number of piperazine rings is 1. The summed E-state index contributed by atoms with van der Waals surface area (Å²) in [6.07, 6.45) is 13.0. The van der Waals surface area contributed by atoms with Gasteiger partial charge in [0.2, 0.25) is 5.95 Å². The Balaban J connectivity index is 1.45. The molecule has 0 amide bonds. The fourth-order valence-electron chi connectivity index (χ4n) is 4.15. The Bertz CT molecular complexity index is 696. The number of anilines is 1. The molecule has 4 heterocycles. The smallest absolute Gasteiger partial charge is 0.225 e. The van der Waals surface area contributed by atoms with Gasteiger partial charge in [0.1, 0.15) is 0 Å². The molecule has 0 N–H and O–H groups in total. The monoisotopic (exact) mass is 366 g/mol. The average Bonchev–Trinajstić information content (AvgIpc) is 2.95. The van der Waals surface area contributed by atoms with Gasteiger partial charge in [0.25, 0.3) is 0 Å². The van der Waals surface area contributed by atoms with Gasteiger partial charge in [-0.15, -0.1) is 0 Å². The first-order chi connectivity index (χ1) is 13.3. The highest BCUT2D eigenvalue weighted by molar-refractivity contribution is 5.30. The Morgan fingerprint density at radius 3 is 2.41 bits per heavy atom. The van der Waals surface area contributed by atoms with Gasteiger partial charge in [0.05, 0.1) is 0 Å². The highest BCUT2D eigenvalue weighted by Gasteiger charge is 2.23. The van der Waals surface area contributed by atoms with E-state index in [1.807, 2.05) is 24.8 Å². The van der Waals surface area contributed by atoms with Gasteiger partial charge >= 0.3 is 0 Å². The van der Waals surface area contributed by atoms with Crippen LogP contribution in [0.15, 0.2) is 36.9 Å². The predicted molar refractivity (Wildman–Crippen MR) is 108 cm³/mol. The third kappa shape index (κ3) is 4.62. The van der Waals surface area contributed by atoms with Crippen molar-refractivity contribution in [3.63, 3.8) is 0 Å². The Morgan fingerprint density at radius 1 is 0.926 bits per heavy atom. The van der Waals surface area contributed by atoms with Crippen molar-refractivity contribution in [1.29, 1.82) is 0 Å². The largest absolute Gasteiger partial charge is 0.338 e. The quantitative estimate of drug-likeness (QED) is 0.829. The summed E-state index contributed by atoms with van der Waals surface area (Å²) in [6.45, 7) is 6.21. The van der Waals surface area contributed by atoms with Crippen LogP contribution in [0.3, 0.4) is 0 Å². The zero-order valence-electron chi connectivity index (χ0n) is 16.3. The molecule has 1 atom stereocenters. The van der Waals surface area contributed by atoms with Gasteiger partial charge in [-0.3, -0.25) is 9.88 Å². The van der Waals surface area contributed by atoms with Crippen molar-refractivity contribution in [2.24, 2.45) is 0 Å². The summed E-state index contributed by atoms with van der Waals surface area (Å²) in [4.78, 5) is 20.8. The van der Waals surface area contributed by atoms with Crippen LogP contribution in [0.25, 0.3) is 0 Å². The number of rotatable bonds is 4. The molecule has 0 aromatic carbocycles. The van der Waals surface area contributed by atoms with E-state index in [1.54, 1.807) is 0 Å². The van der Waals surface area contributed by atoms with Gasteiger partial charge in [-0.05, 0) is 44.1 Å². The molecule has 4 rings (SSSR count). The fraction of sp³-hybridized carbons (Fsp3) is 0.571. The molecule has 2 saturated heterocycles. The van der Waals surface area contributed by atoms with E-state index >= 15 is 0 Å². The van der Waals surface area contributed by atoms with E-state index in [9.17, 15) is 0 Å². The third-order valence-corrected chi connectivity index (χ3v) is 5.82. The Kier molecular flexibility index (Phi) is 5.94. The van der Waals surface area contributed by atoms with Crippen LogP contribution in [-0.4, -0.2) is 64.5 Å². The van der Waals surface area contributed by atoms with E-state index in [4.69, 9.17) is 0 Å². The molecule has 0 aliphatic carbocycles. The van der Waals surface area contributed by atoms with Crippen LogP contribution in [0, 0.1) is 0 Å². The van der Waals surface area contributed by atoms with Gasteiger partial charge in [-0.2, -0.15) is 0 Å².